The molecule has 2 aromatic rings. The van der Waals surface area contributed by atoms with E-state index in [2.05, 4.69) is 22.1 Å². The van der Waals surface area contributed by atoms with Gasteiger partial charge < -0.3 is 9.32 Å². The van der Waals surface area contributed by atoms with Gasteiger partial charge in [-0.05, 0) is 37.7 Å². The number of rotatable bonds is 3. The molecule has 0 radical (unpaired) electrons. The Morgan fingerprint density at radius 3 is 3.15 bits per heavy atom. The molecule has 0 aliphatic carbocycles. The summed E-state index contributed by atoms with van der Waals surface area (Å²) >= 11 is 0. The number of likely N-dealkylation sites (tertiary alicyclic amines) is 1. The van der Waals surface area contributed by atoms with E-state index in [1.807, 2.05) is 11.1 Å². The lowest BCUT2D eigenvalue weighted by atomic mass is 9.92. The molecule has 3 heterocycles. The number of hydrogen-bond donors (Lipinski definition) is 1. The molecule has 1 amide bonds. The Morgan fingerprint density at radius 1 is 1.55 bits per heavy atom. The molecule has 6 nitrogen and oxygen atoms in total. The number of aryl methyl sites for hydroxylation is 1. The van der Waals surface area contributed by atoms with Crippen molar-refractivity contribution in [1.82, 2.24) is 20.1 Å². The lowest BCUT2D eigenvalue weighted by Crippen LogP contribution is -2.40. The van der Waals surface area contributed by atoms with E-state index in [-0.39, 0.29) is 5.91 Å². The van der Waals surface area contributed by atoms with Crippen LogP contribution in [0.5, 0.6) is 0 Å². The van der Waals surface area contributed by atoms with Crippen molar-refractivity contribution in [2.45, 2.75) is 26.2 Å². The molecule has 1 fully saturated rings. The van der Waals surface area contributed by atoms with Gasteiger partial charge in [-0.1, -0.05) is 0 Å². The number of H-pyrrole nitrogens is 1. The van der Waals surface area contributed by atoms with Crippen molar-refractivity contribution in [1.29, 1.82) is 0 Å². The fourth-order valence-electron chi connectivity index (χ4n) is 2.76. The molecule has 1 saturated heterocycles. The number of aromatic amines is 1. The molecule has 0 unspecified atom stereocenters. The van der Waals surface area contributed by atoms with Crippen LogP contribution in [0.3, 0.4) is 0 Å². The number of aromatic nitrogens is 3. The van der Waals surface area contributed by atoms with E-state index in [9.17, 15) is 4.79 Å². The quantitative estimate of drug-likeness (QED) is 0.926. The molecule has 6 heteroatoms. The first kappa shape index (κ1) is 12.9. The number of carbonyl (C=O) groups is 1. The van der Waals surface area contributed by atoms with Gasteiger partial charge in [0, 0.05) is 18.8 Å². The molecule has 20 heavy (non-hydrogen) atoms. The Balaban J connectivity index is 1.65. The van der Waals surface area contributed by atoms with Crippen LogP contribution in [0.1, 0.15) is 34.7 Å². The zero-order chi connectivity index (χ0) is 13.9. The van der Waals surface area contributed by atoms with Crippen LogP contribution < -0.4 is 0 Å². The maximum atomic E-state index is 12.2. The lowest BCUT2D eigenvalue weighted by molar-refractivity contribution is 0.0640. The monoisotopic (exact) mass is 274 g/mol. The molecule has 3 rings (SSSR count). The standard InChI is InChI=1S/C14H18N4O2/c1-10-6-16-17-12(10)5-11-3-2-4-18(8-11)14(19)13-7-15-9-20-13/h6-7,9,11H,2-5,8H2,1H3,(H,16,17)/t11-/m0/s1. The van der Waals surface area contributed by atoms with Crippen LogP contribution in [0.4, 0.5) is 0 Å². The number of nitrogens with one attached hydrogen (secondary N) is 1. The summed E-state index contributed by atoms with van der Waals surface area (Å²) in [7, 11) is 0. The van der Waals surface area contributed by atoms with Crippen molar-refractivity contribution in [3.8, 4) is 0 Å². The van der Waals surface area contributed by atoms with Crippen LogP contribution in [0.15, 0.2) is 23.2 Å². The largest absolute Gasteiger partial charge is 0.438 e. The topological polar surface area (TPSA) is 75.0 Å². The number of oxazole rings is 1. The van der Waals surface area contributed by atoms with Gasteiger partial charge >= 0.3 is 0 Å². The molecule has 1 atom stereocenters. The first-order valence-corrected chi connectivity index (χ1v) is 6.90. The van der Waals surface area contributed by atoms with Crippen molar-refractivity contribution < 1.29 is 9.21 Å². The van der Waals surface area contributed by atoms with Crippen molar-refractivity contribution >= 4 is 5.91 Å². The average Bonchev–Trinajstić information content (AvgIpc) is 3.11. The molecule has 0 spiro atoms. The third-order valence-corrected chi connectivity index (χ3v) is 3.88. The van der Waals surface area contributed by atoms with E-state index in [0.717, 1.165) is 32.4 Å². The molecule has 1 aliphatic rings. The average molecular weight is 274 g/mol. The number of nitrogens with zero attached hydrogens (tertiary/aromatic N) is 3. The second kappa shape index (κ2) is 5.48. The van der Waals surface area contributed by atoms with Crippen molar-refractivity contribution in [2.75, 3.05) is 13.1 Å². The molecular weight excluding hydrogens is 256 g/mol. The highest BCUT2D eigenvalue weighted by Crippen LogP contribution is 2.22. The summed E-state index contributed by atoms with van der Waals surface area (Å²) in [5, 5.41) is 7.10. The van der Waals surface area contributed by atoms with Gasteiger partial charge in [0.1, 0.15) is 0 Å². The Morgan fingerprint density at radius 2 is 2.45 bits per heavy atom. The Hall–Kier alpha value is -2.11. The van der Waals surface area contributed by atoms with Crippen molar-refractivity contribution in [2.24, 2.45) is 5.92 Å². The Kier molecular flexibility index (Phi) is 3.54. The maximum absolute atomic E-state index is 12.2. The first-order valence-electron chi connectivity index (χ1n) is 6.90. The summed E-state index contributed by atoms with van der Waals surface area (Å²) in [4.78, 5) is 17.9. The number of piperidine rings is 1. The lowest BCUT2D eigenvalue weighted by Gasteiger charge is -2.32. The summed E-state index contributed by atoms with van der Waals surface area (Å²) in [6.07, 6.45) is 7.71. The van der Waals surface area contributed by atoms with Gasteiger partial charge in [0.25, 0.3) is 5.91 Å². The fourth-order valence-corrected chi connectivity index (χ4v) is 2.76. The minimum absolute atomic E-state index is 0.0615. The molecule has 0 bridgehead atoms. The highest BCUT2D eigenvalue weighted by atomic mass is 16.3. The van der Waals surface area contributed by atoms with E-state index in [1.165, 1.54) is 23.8 Å². The Labute approximate surface area is 117 Å². The van der Waals surface area contributed by atoms with E-state index in [4.69, 9.17) is 4.42 Å². The molecule has 1 aliphatic heterocycles. The molecule has 106 valence electrons. The van der Waals surface area contributed by atoms with Crippen LogP contribution >= 0.6 is 0 Å². The van der Waals surface area contributed by atoms with Gasteiger partial charge in [-0.25, -0.2) is 4.98 Å². The molecule has 1 N–H and O–H groups in total. The fraction of sp³-hybridized carbons (Fsp3) is 0.500. The van der Waals surface area contributed by atoms with E-state index >= 15 is 0 Å². The van der Waals surface area contributed by atoms with Crippen LogP contribution in [0.2, 0.25) is 0 Å². The predicted octanol–water partition coefficient (Wildman–Crippen LogP) is 1.80. The third kappa shape index (κ3) is 2.59. The second-order valence-corrected chi connectivity index (χ2v) is 5.36. The Bertz CT molecular complexity index is 576. The maximum Gasteiger partial charge on any atom is 0.291 e. The van der Waals surface area contributed by atoms with Gasteiger partial charge in [0.15, 0.2) is 6.39 Å². The van der Waals surface area contributed by atoms with Gasteiger partial charge in [-0.2, -0.15) is 5.10 Å². The van der Waals surface area contributed by atoms with E-state index in [1.54, 1.807) is 0 Å². The zero-order valence-electron chi connectivity index (χ0n) is 11.5. The van der Waals surface area contributed by atoms with Crippen LogP contribution in [-0.2, 0) is 6.42 Å². The zero-order valence-corrected chi connectivity index (χ0v) is 11.5. The van der Waals surface area contributed by atoms with E-state index in [0.29, 0.717) is 11.7 Å². The van der Waals surface area contributed by atoms with Gasteiger partial charge in [0.2, 0.25) is 5.76 Å². The van der Waals surface area contributed by atoms with Crippen LogP contribution in [0.25, 0.3) is 0 Å². The normalized spacial score (nSPS) is 19.2. The van der Waals surface area contributed by atoms with Crippen LogP contribution in [-0.4, -0.2) is 39.1 Å². The van der Waals surface area contributed by atoms with Crippen molar-refractivity contribution in [3.63, 3.8) is 0 Å². The summed E-state index contributed by atoms with van der Waals surface area (Å²) in [6, 6.07) is 0. The molecule has 2 aromatic heterocycles. The number of amides is 1. The highest BCUT2D eigenvalue weighted by molar-refractivity contribution is 5.91. The first-order chi connectivity index (χ1) is 9.74. The van der Waals surface area contributed by atoms with Gasteiger partial charge in [-0.15, -0.1) is 0 Å². The SMILES string of the molecule is Cc1cn[nH]c1C[C@@H]1CCCN(C(=O)c2cnco2)C1. The summed E-state index contributed by atoms with van der Waals surface area (Å²) < 4.78 is 5.09. The van der Waals surface area contributed by atoms with Crippen LogP contribution in [0, 0.1) is 12.8 Å². The third-order valence-electron chi connectivity index (χ3n) is 3.88. The smallest absolute Gasteiger partial charge is 0.291 e. The minimum atomic E-state index is -0.0615. The highest BCUT2D eigenvalue weighted by Gasteiger charge is 2.26. The summed E-state index contributed by atoms with van der Waals surface area (Å²) in [6.45, 7) is 3.61. The number of hydrogen-bond acceptors (Lipinski definition) is 4. The molecular formula is C14H18N4O2. The number of carbonyl (C=O) groups excluding carboxylic acids is 1. The predicted molar refractivity (Wildman–Crippen MR) is 72.2 cm³/mol. The second-order valence-electron chi connectivity index (χ2n) is 5.36. The van der Waals surface area contributed by atoms with E-state index < -0.39 is 0 Å². The summed E-state index contributed by atoms with van der Waals surface area (Å²) in [5.41, 5.74) is 2.35. The molecule has 0 saturated carbocycles. The van der Waals surface area contributed by atoms with Gasteiger partial charge in [-0.3, -0.25) is 9.89 Å². The minimum Gasteiger partial charge on any atom is -0.438 e. The summed E-state index contributed by atoms with van der Waals surface area (Å²) in [5.74, 6) is 0.728. The molecule has 0 aromatic carbocycles. The van der Waals surface area contributed by atoms with Crippen molar-refractivity contribution in [3.05, 3.63) is 35.8 Å². The van der Waals surface area contributed by atoms with Gasteiger partial charge in [0.05, 0.1) is 12.4 Å².